The number of aromatic hydroxyl groups is 2. The third-order valence-electron chi connectivity index (χ3n) is 11.5. The summed E-state index contributed by atoms with van der Waals surface area (Å²) < 4.78 is 0. The molecule has 0 aromatic heterocycles. The summed E-state index contributed by atoms with van der Waals surface area (Å²) in [7, 11) is 0. The van der Waals surface area contributed by atoms with Gasteiger partial charge in [0.1, 0.15) is 11.5 Å². The minimum atomic E-state index is 0.103. The van der Waals surface area contributed by atoms with Gasteiger partial charge in [-0.15, -0.1) is 0 Å². The Morgan fingerprint density at radius 1 is 0.531 bits per heavy atom. The lowest BCUT2D eigenvalue weighted by Crippen LogP contribution is -2.57. The Bertz CT molecular complexity index is 909. The van der Waals surface area contributed by atoms with Crippen LogP contribution >= 0.6 is 0 Å². The molecule has 2 heteroatoms. The molecule has 8 fully saturated rings. The van der Waals surface area contributed by atoms with Gasteiger partial charge in [-0.25, -0.2) is 0 Å². The van der Waals surface area contributed by atoms with E-state index in [0.29, 0.717) is 33.2 Å². The van der Waals surface area contributed by atoms with E-state index in [1.807, 2.05) is 0 Å². The van der Waals surface area contributed by atoms with Gasteiger partial charge in [-0.05, 0) is 117 Å². The first kappa shape index (κ1) is 20.2. The molecule has 0 heterocycles. The number of benzene rings is 1. The van der Waals surface area contributed by atoms with Crippen LogP contribution in [0.1, 0.15) is 116 Å². The second kappa shape index (κ2) is 5.55. The topological polar surface area (TPSA) is 40.5 Å². The lowest BCUT2D eigenvalue weighted by atomic mass is 9.38. The third kappa shape index (κ3) is 2.59. The summed E-state index contributed by atoms with van der Waals surface area (Å²) in [5.74, 6) is 2.33. The van der Waals surface area contributed by atoms with Gasteiger partial charge >= 0.3 is 0 Å². The predicted molar refractivity (Wildman–Crippen MR) is 128 cm³/mol. The first-order chi connectivity index (χ1) is 14.8. The van der Waals surface area contributed by atoms with Crippen molar-refractivity contribution in [1.82, 2.24) is 0 Å². The maximum atomic E-state index is 11.3. The number of rotatable bonds is 2. The van der Waals surface area contributed by atoms with Crippen molar-refractivity contribution in [2.45, 2.75) is 116 Å². The summed E-state index contributed by atoms with van der Waals surface area (Å²) in [4.78, 5) is 0. The smallest absolute Gasteiger partial charge is 0.123 e. The summed E-state index contributed by atoms with van der Waals surface area (Å²) in [6.07, 6.45) is 15.5. The number of hydrogen-bond acceptors (Lipinski definition) is 2. The van der Waals surface area contributed by atoms with Crippen LogP contribution in [0.5, 0.6) is 11.5 Å². The second-order valence-corrected chi connectivity index (χ2v) is 15.7. The molecule has 8 aliphatic carbocycles. The molecule has 174 valence electrons. The summed E-state index contributed by atoms with van der Waals surface area (Å²) >= 11 is 0. The highest BCUT2D eigenvalue weighted by Gasteiger charge is 2.63. The number of phenolic OH excluding ortho intramolecular Hbond substituents is 2. The van der Waals surface area contributed by atoms with Crippen LogP contribution in [0.25, 0.3) is 0 Å². The fourth-order valence-corrected chi connectivity index (χ4v) is 12.9. The van der Waals surface area contributed by atoms with E-state index in [1.165, 1.54) is 88.2 Å². The Hall–Kier alpha value is -1.18. The first-order valence-electron chi connectivity index (χ1n) is 13.4. The molecule has 0 radical (unpaired) electrons. The van der Waals surface area contributed by atoms with Gasteiger partial charge in [0.15, 0.2) is 0 Å². The van der Waals surface area contributed by atoms with Crippen molar-refractivity contribution >= 4 is 0 Å². The van der Waals surface area contributed by atoms with E-state index in [4.69, 9.17) is 0 Å². The largest absolute Gasteiger partial charge is 0.508 e. The monoisotopic (exact) mass is 434 g/mol. The van der Waals surface area contributed by atoms with Crippen LogP contribution in [0, 0.1) is 33.5 Å². The normalized spacial score (nSPS) is 55.0. The lowest BCUT2D eigenvalue weighted by Gasteiger charge is -2.66. The minimum Gasteiger partial charge on any atom is -0.508 e. The Morgan fingerprint density at radius 3 is 1.19 bits per heavy atom. The SMILES string of the molecule is CC12CC3CC(C)(C1)CC(c1cc(C45CC6CC(C)(CC(C)(C6)C4)C5)c(O)cc1O)(C3)C2. The second-order valence-electron chi connectivity index (χ2n) is 15.7. The molecule has 0 amide bonds. The van der Waals surface area contributed by atoms with Gasteiger partial charge in [-0.1, -0.05) is 27.7 Å². The Balaban J connectivity index is 1.37. The van der Waals surface area contributed by atoms with Crippen LogP contribution in [-0.4, -0.2) is 10.2 Å². The predicted octanol–water partition coefficient (Wildman–Crippen LogP) is 7.59. The molecule has 0 aliphatic heterocycles. The highest BCUT2D eigenvalue weighted by Crippen LogP contribution is 2.73. The molecule has 8 saturated carbocycles. The molecule has 4 unspecified atom stereocenters. The van der Waals surface area contributed by atoms with Gasteiger partial charge in [-0.3, -0.25) is 0 Å². The average molecular weight is 435 g/mol. The van der Waals surface area contributed by atoms with Gasteiger partial charge in [0.25, 0.3) is 0 Å². The van der Waals surface area contributed by atoms with Crippen molar-refractivity contribution in [3.63, 3.8) is 0 Å². The molecule has 1 aromatic rings. The van der Waals surface area contributed by atoms with E-state index in [0.717, 1.165) is 11.8 Å². The summed E-state index contributed by atoms with van der Waals surface area (Å²) in [6, 6.07) is 4.10. The van der Waals surface area contributed by atoms with Gasteiger partial charge in [0.2, 0.25) is 0 Å². The molecular weight excluding hydrogens is 392 g/mol. The molecule has 2 N–H and O–H groups in total. The van der Waals surface area contributed by atoms with Crippen molar-refractivity contribution in [3.05, 3.63) is 23.3 Å². The van der Waals surface area contributed by atoms with E-state index in [9.17, 15) is 10.2 Å². The highest BCUT2D eigenvalue weighted by atomic mass is 16.3. The number of phenols is 2. The quantitative estimate of drug-likeness (QED) is 0.503. The molecule has 9 rings (SSSR count). The number of hydrogen-bond donors (Lipinski definition) is 2. The Kier molecular flexibility index (Phi) is 3.50. The van der Waals surface area contributed by atoms with E-state index in [2.05, 4.69) is 33.8 Å². The molecular formula is C30H42O2. The average Bonchev–Trinajstić information content (AvgIpc) is 2.54. The molecule has 32 heavy (non-hydrogen) atoms. The molecule has 0 spiro atoms. The van der Waals surface area contributed by atoms with Crippen LogP contribution in [0.15, 0.2) is 12.1 Å². The third-order valence-corrected chi connectivity index (χ3v) is 11.5. The zero-order chi connectivity index (χ0) is 22.4. The fraction of sp³-hybridized carbons (Fsp3) is 0.800. The van der Waals surface area contributed by atoms with Gasteiger partial charge in [-0.2, -0.15) is 0 Å². The zero-order valence-electron chi connectivity index (χ0n) is 20.7. The molecule has 1 aromatic carbocycles. The van der Waals surface area contributed by atoms with Crippen molar-refractivity contribution in [1.29, 1.82) is 0 Å². The summed E-state index contributed by atoms with van der Waals surface area (Å²) in [6.45, 7) is 10.1. The van der Waals surface area contributed by atoms with Crippen molar-refractivity contribution in [3.8, 4) is 11.5 Å². The van der Waals surface area contributed by atoms with Crippen LogP contribution in [0.2, 0.25) is 0 Å². The van der Waals surface area contributed by atoms with Crippen LogP contribution < -0.4 is 0 Å². The van der Waals surface area contributed by atoms with Gasteiger partial charge in [0.05, 0.1) is 0 Å². The van der Waals surface area contributed by atoms with Crippen molar-refractivity contribution in [2.75, 3.05) is 0 Å². The van der Waals surface area contributed by atoms with Crippen LogP contribution in [0.3, 0.4) is 0 Å². The van der Waals surface area contributed by atoms with Crippen LogP contribution in [0.4, 0.5) is 0 Å². The van der Waals surface area contributed by atoms with Gasteiger partial charge < -0.3 is 10.2 Å². The standard InChI is InChI=1S/C30H42O2/c1-25-7-19-8-26(2,13-25)16-29(11-19,15-25)21-5-22(24(32)6-23(21)31)30-12-20-9-27(3,17-30)14-28(4,10-20)18-30/h5-6,19-20,31-32H,7-18H2,1-4H3. The molecule has 8 bridgehead atoms. The molecule has 4 atom stereocenters. The van der Waals surface area contributed by atoms with E-state index < -0.39 is 0 Å². The van der Waals surface area contributed by atoms with Crippen molar-refractivity contribution in [2.24, 2.45) is 33.5 Å². The molecule has 2 nitrogen and oxygen atoms in total. The zero-order valence-corrected chi connectivity index (χ0v) is 20.7. The van der Waals surface area contributed by atoms with Crippen LogP contribution in [-0.2, 0) is 10.8 Å². The van der Waals surface area contributed by atoms with Crippen molar-refractivity contribution < 1.29 is 10.2 Å². The van der Waals surface area contributed by atoms with E-state index >= 15 is 0 Å². The maximum Gasteiger partial charge on any atom is 0.123 e. The van der Waals surface area contributed by atoms with Gasteiger partial charge in [0, 0.05) is 28.0 Å². The maximum absolute atomic E-state index is 11.3. The Labute approximate surface area is 194 Å². The summed E-state index contributed by atoms with van der Waals surface area (Å²) in [5, 5.41) is 22.5. The minimum absolute atomic E-state index is 0.103. The fourth-order valence-electron chi connectivity index (χ4n) is 12.9. The van der Waals surface area contributed by atoms with E-state index in [1.54, 1.807) is 6.07 Å². The first-order valence-corrected chi connectivity index (χ1v) is 13.4. The molecule has 8 aliphatic rings. The lowest BCUT2D eigenvalue weighted by molar-refractivity contribution is -0.112. The Morgan fingerprint density at radius 2 is 0.875 bits per heavy atom. The highest BCUT2D eigenvalue weighted by molar-refractivity contribution is 5.53. The molecule has 0 saturated heterocycles. The summed E-state index contributed by atoms with van der Waals surface area (Å²) in [5.41, 5.74) is 4.26. The van der Waals surface area contributed by atoms with E-state index in [-0.39, 0.29) is 10.8 Å².